The fraction of sp³-hybridized carbons (Fsp3) is 0.600. The molecule has 0 aliphatic heterocycles. The van der Waals surface area contributed by atoms with Gasteiger partial charge in [0.1, 0.15) is 0 Å². The first kappa shape index (κ1) is 16.2. The highest BCUT2D eigenvalue weighted by atomic mass is 79.9. The van der Waals surface area contributed by atoms with Gasteiger partial charge in [0.05, 0.1) is 21.6 Å². The van der Waals surface area contributed by atoms with Gasteiger partial charge in [0.2, 0.25) is 0 Å². The second-order valence-electron chi connectivity index (χ2n) is 5.34. The van der Waals surface area contributed by atoms with Crippen LogP contribution in [0.1, 0.15) is 42.5 Å². The monoisotopic (exact) mass is 353 g/mol. The van der Waals surface area contributed by atoms with Crippen LogP contribution >= 0.6 is 15.9 Å². The molecule has 2 rings (SSSR count). The SMILES string of the molecule is CCNC(Cc1c(Br)c(C)nn1C)c1cn(C)nc1CC. The van der Waals surface area contributed by atoms with Crippen molar-refractivity contribution in [3.63, 3.8) is 0 Å². The molecule has 21 heavy (non-hydrogen) atoms. The third kappa shape index (κ3) is 3.37. The summed E-state index contributed by atoms with van der Waals surface area (Å²) in [5.41, 5.74) is 4.69. The number of hydrogen-bond acceptors (Lipinski definition) is 3. The summed E-state index contributed by atoms with van der Waals surface area (Å²) in [6.45, 7) is 7.24. The maximum atomic E-state index is 4.57. The van der Waals surface area contributed by atoms with Crippen LogP contribution in [-0.4, -0.2) is 26.1 Å². The first-order valence-electron chi connectivity index (χ1n) is 7.41. The van der Waals surface area contributed by atoms with Crippen LogP contribution < -0.4 is 5.32 Å². The highest BCUT2D eigenvalue weighted by Crippen LogP contribution is 2.27. The summed E-state index contributed by atoms with van der Waals surface area (Å²) in [7, 11) is 3.98. The van der Waals surface area contributed by atoms with Gasteiger partial charge in [-0.3, -0.25) is 9.36 Å². The van der Waals surface area contributed by atoms with E-state index in [-0.39, 0.29) is 6.04 Å². The van der Waals surface area contributed by atoms with Crippen molar-refractivity contribution in [1.82, 2.24) is 24.9 Å². The van der Waals surface area contributed by atoms with E-state index in [0.29, 0.717) is 0 Å². The number of aryl methyl sites for hydroxylation is 4. The summed E-state index contributed by atoms with van der Waals surface area (Å²) in [5, 5.41) is 12.6. The van der Waals surface area contributed by atoms with E-state index in [9.17, 15) is 0 Å². The number of aromatic nitrogens is 4. The van der Waals surface area contributed by atoms with Crippen LogP contribution in [0.3, 0.4) is 0 Å². The van der Waals surface area contributed by atoms with Crippen LogP contribution in [0.15, 0.2) is 10.7 Å². The zero-order valence-electron chi connectivity index (χ0n) is 13.4. The average Bonchev–Trinajstić information content (AvgIpc) is 2.93. The van der Waals surface area contributed by atoms with Gasteiger partial charge in [0.25, 0.3) is 0 Å². The minimum atomic E-state index is 0.254. The van der Waals surface area contributed by atoms with Gasteiger partial charge in [-0.1, -0.05) is 13.8 Å². The predicted molar refractivity (Wildman–Crippen MR) is 88.4 cm³/mol. The van der Waals surface area contributed by atoms with Crippen molar-refractivity contribution in [2.45, 2.75) is 39.7 Å². The number of nitrogens with zero attached hydrogens (tertiary/aromatic N) is 4. The predicted octanol–water partition coefficient (Wildman–Crippen LogP) is 2.68. The molecule has 2 aromatic heterocycles. The van der Waals surface area contributed by atoms with Gasteiger partial charge >= 0.3 is 0 Å². The second-order valence-corrected chi connectivity index (χ2v) is 6.14. The maximum absolute atomic E-state index is 4.57. The summed E-state index contributed by atoms with van der Waals surface area (Å²) >= 11 is 3.66. The largest absolute Gasteiger partial charge is 0.310 e. The molecule has 5 nitrogen and oxygen atoms in total. The normalized spacial score (nSPS) is 12.9. The Morgan fingerprint density at radius 3 is 2.52 bits per heavy atom. The highest BCUT2D eigenvalue weighted by molar-refractivity contribution is 9.10. The van der Waals surface area contributed by atoms with Crippen molar-refractivity contribution in [2.75, 3.05) is 6.54 Å². The van der Waals surface area contributed by atoms with E-state index >= 15 is 0 Å². The summed E-state index contributed by atoms with van der Waals surface area (Å²) in [4.78, 5) is 0. The molecule has 1 N–H and O–H groups in total. The lowest BCUT2D eigenvalue weighted by molar-refractivity contribution is 0.524. The van der Waals surface area contributed by atoms with Gasteiger partial charge in [-0.05, 0) is 35.8 Å². The molecule has 2 heterocycles. The van der Waals surface area contributed by atoms with Gasteiger partial charge in [0, 0.05) is 38.3 Å². The molecule has 0 fully saturated rings. The van der Waals surface area contributed by atoms with E-state index < -0.39 is 0 Å². The van der Waals surface area contributed by atoms with E-state index in [1.165, 1.54) is 17.0 Å². The fourth-order valence-electron chi connectivity index (χ4n) is 2.75. The molecule has 1 atom stereocenters. The molecule has 0 aliphatic rings. The van der Waals surface area contributed by atoms with Gasteiger partial charge in [-0.2, -0.15) is 10.2 Å². The maximum Gasteiger partial charge on any atom is 0.0738 e. The summed E-state index contributed by atoms with van der Waals surface area (Å²) < 4.78 is 4.98. The van der Waals surface area contributed by atoms with Gasteiger partial charge in [0.15, 0.2) is 0 Å². The standard InChI is InChI=1S/C15H24BrN5/c1-6-12-11(9-20(4)19-12)13(17-7-2)8-14-15(16)10(3)18-21(14)5/h9,13,17H,6-8H2,1-5H3. The molecule has 1 unspecified atom stereocenters. The Morgan fingerprint density at radius 1 is 1.29 bits per heavy atom. The molecule has 0 amide bonds. The van der Waals surface area contributed by atoms with Gasteiger partial charge < -0.3 is 5.32 Å². The molecule has 2 aromatic rings. The Balaban J connectivity index is 2.35. The van der Waals surface area contributed by atoms with Crippen LogP contribution in [0.2, 0.25) is 0 Å². The highest BCUT2D eigenvalue weighted by Gasteiger charge is 2.21. The zero-order chi connectivity index (χ0) is 15.6. The third-order valence-corrected chi connectivity index (χ3v) is 4.79. The van der Waals surface area contributed by atoms with Crippen molar-refractivity contribution in [1.29, 1.82) is 0 Å². The van der Waals surface area contributed by atoms with Crippen LogP contribution in [0.25, 0.3) is 0 Å². The molecule has 0 saturated carbocycles. The minimum Gasteiger partial charge on any atom is -0.310 e. The fourth-order valence-corrected chi connectivity index (χ4v) is 3.25. The van der Waals surface area contributed by atoms with Gasteiger partial charge in [-0.15, -0.1) is 0 Å². The van der Waals surface area contributed by atoms with Crippen LogP contribution in [0.5, 0.6) is 0 Å². The lowest BCUT2D eigenvalue weighted by atomic mass is 10.0. The third-order valence-electron chi connectivity index (χ3n) is 3.76. The Labute approximate surface area is 134 Å². The van der Waals surface area contributed by atoms with Crippen LogP contribution in [0, 0.1) is 6.92 Å². The number of nitrogens with one attached hydrogen (secondary N) is 1. The van der Waals surface area contributed by atoms with E-state index in [2.05, 4.69) is 51.5 Å². The molecule has 0 radical (unpaired) electrons. The van der Waals surface area contributed by atoms with E-state index in [1.54, 1.807) is 0 Å². The first-order valence-corrected chi connectivity index (χ1v) is 8.20. The molecule has 0 saturated heterocycles. The smallest absolute Gasteiger partial charge is 0.0738 e. The second kappa shape index (κ2) is 6.75. The molecule has 0 bridgehead atoms. The zero-order valence-corrected chi connectivity index (χ0v) is 15.0. The van der Waals surface area contributed by atoms with Crippen molar-refractivity contribution >= 4 is 15.9 Å². The summed E-state index contributed by atoms with van der Waals surface area (Å²) in [5.74, 6) is 0. The molecular formula is C15H24BrN5. The molecule has 0 spiro atoms. The molecule has 0 aromatic carbocycles. The quantitative estimate of drug-likeness (QED) is 0.868. The molecule has 6 heteroatoms. The van der Waals surface area contributed by atoms with E-state index in [4.69, 9.17) is 0 Å². The van der Waals surface area contributed by atoms with Gasteiger partial charge in [-0.25, -0.2) is 0 Å². The van der Waals surface area contributed by atoms with Crippen molar-refractivity contribution in [2.24, 2.45) is 14.1 Å². The van der Waals surface area contributed by atoms with Crippen LogP contribution in [0.4, 0.5) is 0 Å². The lowest BCUT2D eigenvalue weighted by Crippen LogP contribution is -2.24. The Hall–Kier alpha value is -1.14. The number of hydrogen-bond donors (Lipinski definition) is 1. The Morgan fingerprint density at radius 2 is 2.00 bits per heavy atom. The minimum absolute atomic E-state index is 0.254. The van der Waals surface area contributed by atoms with E-state index in [1.807, 2.05) is 30.4 Å². The molecular weight excluding hydrogens is 330 g/mol. The number of likely N-dealkylation sites (N-methyl/N-ethyl adjacent to an activating group) is 1. The Bertz CT molecular complexity index is 614. The number of rotatable bonds is 6. The van der Waals surface area contributed by atoms with E-state index in [0.717, 1.165) is 29.6 Å². The molecule has 0 aliphatic carbocycles. The van der Waals surface area contributed by atoms with Crippen molar-refractivity contribution < 1.29 is 0 Å². The van der Waals surface area contributed by atoms with Crippen LogP contribution in [-0.2, 0) is 26.9 Å². The molecule has 116 valence electrons. The average molecular weight is 354 g/mol. The lowest BCUT2D eigenvalue weighted by Gasteiger charge is -2.18. The first-order chi connectivity index (χ1) is 9.97. The van der Waals surface area contributed by atoms with Crippen molar-refractivity contribution in [3.8, 4) is 0 Å². The topological polar surface area (TPSA) is 47.7 Å². The summed E-state index contributed by atoms with van der Waals surface area (Å²) in [6, 6.07) is 0.254. The summed E-state index contributed by atoms with van der Waals surface area (Å²) in [6.07, 6.45) is 3.97. The Kier molecular flexibility index (Phi) is 5.22. The van der Waals surface area contributed by atoms with Crippen molar-refractivity contribution in [3.05, 3.63) is 33.3 Å². The number of halogens is 1.